The van der Waals surface area contributed by atoms with Crippen LogP contribution in [0.25, 0.3) is 11.3 Å². The van der Waals surface area contributed by atoms with Crippen LogP contribution in [0.15, 0.2) is 60.0 Å². The Bertz CT molecular complexity index is 787. The predicted molar refractivity (Wildman–Crippen MR) is 89.8 cm³/mol. The minimum Gasteiger partial charge on any atom is -0.334 e. The fraction of sp³-hybridized carbons (Fsp3) is 0.0588. The maximum Gasteiger partial charge on any atom is 0.321 e. The molecule has 0 saturated heterocycles. The molecule has 2 N–H and O–H groups in total. The third kappa shape index (κ3) is 4.14. The molecule has 0 radical (unpaired) electrons. The van der Waals surface area contributed by atoms with E-state index in [1.807, 2.05) is 35.7 Å². The van der Waals surface area contributed by atoms with Crippen molar-refractivity contribution < 1.29 is 9.18 Å². The van der Waals surface area contributed by atoms with Crippen LogP contribution in [0.5, 0.6) is 0 Å². The van der Waals surface area contributed by atoms with E-state index in [0.717, 1.165) is 11.1 Å². The fourth-order valence-electron chi connectivity index (χ4n) is 2.00. The van der Waals surface area contributed by atoms with Gasteiger partial charge in [-0.3, -0.25) is 5.32 Å². The third-order valence-electron chi connectivity index (χ3n) is 3.16. The highest BCUT2D eigenvalue weighted by Crippen LogP contribution is 2.24. The van der Waals surface area contributed by atoms with Gasteiger partial charge in [-0.1, -0.05) is 30.3 Å². The van der Waals surface area contributed by atoms with Crippen molar-refractivity contribution in [3.63, 3.8) is 0 Å². The molecule has 0 atom stereocenters. The van der Waals surface area contributed by atoms with Crippen molar-refractivity contribution in [2.45, 2.75) is 6.54 Å². The molecule has 0 unspecified atom stereocenters. The van der Waals surface area contributed by atoms with Gasteiger partial charge in [0.25, 0.3) is 0 Å². The van der Waals surface area contributed by atoms with Crippen LogP contribution in [0.2, 0.25) is 0 Å². The van der Waals surface area contributed by atoms with E-state index in [0.29, 0.717) is 17.4 Å². The molecule has 0 bridgehead atoms. The Labute approximate surface area is 137 Å². The lowest BCUT2D eigenvalue weighted by atomic mass is 10.2. The minimum absolute atomic E-state index is 0.289. The largest absolute Gasteiger partial charge is 0.334 e. The standard InChI is InChI=1S/C17H14FN3OS/c18-14-8-6-13(7-9-14)15-11-23-17(20-15)21-16(22)19-10-12-4-2-1-3-5-12/h1-9,11H,10H2,(H2,19,20,21,22). The van der Waals surface area contributed by atoms with Gasteiger partial charge in [-0.15, -0.1) is 11.3 Å². The van der Waals surface area contributed by atoms with Crippen molar-refractivity contribution in [2.24, 2.45) is 0 Å². The number of amides is 2. The van der Waals surface area contributed by atoms with E-state index >= 15 is 0 Å². The number of benzene rings is 2. The number of carbonyl (C=O) groups is 1. The quantitative estimate of drug-likeness (QED) is 0.752. The van der Waals surface area contributed by atoms with Gasteiger partial charge in [-0.2, -0.15) is 0 Å². The number of aromatic nitrogens is 1. The number of rotatable bonds is 4. The highest BCUT2D eigenvalue weighted by atomic mass is 32.1. The molecular formula is C17H14FN3OS. The van der Waals surface area contributed by atoms with Gasteiger partial charge in [0, 0.05) is 17.5 Å². The van der Waals surface area contributed by atoms with Gasteiger partial charge in [0.05, 0.1) is 5.69 Å². The number of anilines is 1. The molecule has 0 saturated carbocycles. The van der Waals surface area contributed by atoms with Crippen LogP contribution in [0.3, 0.4) is 0 Å². The van der Waals surface area contributed by atoms with Crippen molar-refractivity contribution in [3.8, 4) is 11.3 Å². The van der Waals surface area contributed by atoms with Crippen molar-refractivity contribution in [3.05, 3.63) is 71.4 Å². The van der Waals surface area contributed by atoms with Crippen LogP contribution >= 0.6 is 11.3 Å². The summed E-state index contributed by atoms with van der Waals surface area (Å²) in [5, 5.41) is 7.78. The van der Waals surface area contributed by atoms with E-state index in [2.05, 4.69) is 15.6 Å². The summed E-state index contributed by atoms with van der Waals surface area (Å²) in [6.45, 7) is 0.447. The molecule has 23 heavy (non-hydrogen) atoms. The molecule has 6 heteroatoms. The molecule has 0 aliphatic heterocycles. The van der Waals surface area contributed by atoms with Crippen LogP contribution in [0.1, 0.15) is 5.56 Å². The number of halogens is 1. The van der Waals surface area contributed by atoms with Crippen LogP contribution in [0, 0.1) is 5.82 Å². The summed E-state index contributed by atoms with van der Waals surface area (Å²) >= 11 is 1.32. The summed E-state index contributed by atoms with van der Waals surface area (Å²) in [7, 11) is 0. The number of urea groups is 1. The fourth-order valence-corrected chi connectivity index (χ4v) is 2.72. The van der Waals surface area contributed by atoms with Gasteiger partial charge in [0.1, 0.15) is 5.82 Å². The van der Waals surface area contributed by atoms with E-state index in [4.69, 9.17) is 0 Å². The van der Waals surface area contributed by atoms with E-state index in [-0.39, 0.29) is 11.8 Å². The number of carbonyl (C=O) groups excluding carboxylic acids is 1. The average molecular weight is 327 g/mol. The zero-order chi connectivity index (χ0) is 16.1. The third-order valence-corrected chi connectivity index (χ3v) is 3.92. The first-order chi connectivity index (χ1) is 11.2. The second kappa shape index (κ2) is 7.02. The second-order valence-electron chi connectivity index (χ2n) is 4.84. The number of nitrogens with zero attached hydrogens (tertiary/aromatic N) is 1. The Morgan fingerprint density at radius 3 is 2.57 bits per heavy atom. The highest BCUT2D eigenvalue weighted by molar-refractivity contribution is 7.14. The Morgan fingerprint density at radius 1 is 1.09 bits per heavy atom. The molecule has 0 spiro atoms. The summed E-state index contributed by atoms with van der Waals surface area (Å²) in [6.07, 6.45) is 0. The zero-order valence-corrected chi connectivity index (χ0v) is 12.9. The maximum absolute atomic E-state index is 12.9. The summed E-state index contributed by atoms with van der Waals surface area (Å²) in [4.78, 5) is 16.2. The van der Waals surface area contributed by atoms with Gasteiger partial charge in [-0.25, -0.2) is 14.2 Å². The summed E-state index contributed by atoms with van der Waals surface area (Å²) in [5.41, 5.74) is 2.53. The first kappa shape index (κ1) is 15.2. The molecular weight excluding hydrogens is 313 g/mol. The lowest BCUT2D eigenvalue weighted by molar-refractivity contribution is 0.251. The minimum atomic E-state index is -0.311. The van der Waals surface area contributed by atoms with Gasteiger partial charge >= 0.3 is 6.03 Å². The Morgan fingerprint density at radius 2 is 1.83 bits per heavy atom. The van der Waals surface area contributed by atoms with E-state index in [1.165, 1.54) is 23.5 Å². The molecule has 0 aliphatic rings. The van der Waals surface area contributed by atoms with E-state index in [1.54, 1.807) is 12.1 Å². The summed E-state index contributed by atoms with van der Waals surface area (Å²) in [6, 6.07) is 15.4. The average Bonchev–Trinajstić information content (AvgIpc) is 3.03. The van der Waals surface area contributed by atoms with Gasteiger partial charge in [-0.05, 0) is 29.8 Å². The number of hydrogen-bond acceptors (Lipinski definition) is 3. The Hall–Kier alpha value is -2.73. The number of hydrogen-bond donors (Lipinski definition) is 2. The monoisotopic (exact) mass is 327 g/mol. The molecule has 116 valence electrons. The second-order valence-corrected chi connectivity index (χ2v) is 5.70. The maximum atomic E-state index is 12.9. The molecule has 0 aliphatic carbocycles. The van der Waals surface area contributed by atoms with Gasteiger partial charge < -0.3 is 5.32 Å². The SMILES string of the molecule is O=C(NCc1ccccc1)Nc1nc(-c2ccc(F)cc2)cs1. The molecule has 2 aromatic carbocycles. The lowest BCUT2D eigenvalue weighted by Gasteiger charge is -2.05. The molecule has 3 rings (SSSR count). The van der Waals surface area contributed by atoms with Crippen molar-refractivity contribution in [1.82, 2.24) is 10.3 Å². The number of nitrogens with one attached hydrogen (secondary N) is 2. The van der Waals surface area contributed by atoms with Crippen molar-refractivity contribution >= 4 is 22.5 Å². The predicted octanol–water partition coefficient (Wildman–Crippen LogP) is 4.27. The first-order valence-electron chi connectivity index (χ1n) is 7.01. The molecule has 4 nitrogen and oxygen atoms in total. The number of thiazole rings is 1. The van der Waals surface area contributed by atoms with Crippen LogP contribution in [0.4, 0.5) is 14.3 Å². The highest BCUT2D eigenvalue weighted by Gasteiger charge is 2.08. The molecule has 1 heterocycles. The molecule has 3 aromatic rings. The van der Waals surface area contributed by atoms with E-state index in [9.17, 15) is 9.18 Å². The smallest absolute Gasteiger partial charge is 0.321 e. The first-order valence-corrected chi connectivity index (χ1v) is 7.89. The van der Waals surface area contributed by atoms with Crippen molar-refractivity contribution in [1.29, 1.82) is 0 Å². The lowest BCUT2D eigenvalue weighted by Crippen LogP contribution is -2.28. The van der Waals surface area contributed by atoms with Crippen LogP contribution in [-0.4, -0.2) is 11.0 Å². The normalized spacial score (nSPS) is 10.3. The molecule has 0 fully saturated rings. The van der Waals surface area contributed by atoms with Crippen molar-refractivity contribution in [2.75, 3.05) is 5.32 Å². The Balaban J connectivity index is 1.58. The molecule has 2 amide bonds. The Kier molecular flexibility index (Phi) is 4.63. The molecule has 1 aromatic heterocycles. The summed E-state index contributed by atoms with van der Waals surface area (Å²) < 4.78 is 12.9. The van der Waals surface area contributed by atoms with Crippen LogP contribution < -0.4 is 10.6 Å². The summed E-state index contributed by atoms with van der Waals surface area (Å²) in [5.74, 6) is -0.289. The zero-order valence-electron chi connectivity index (χ0n) is 12.1. The van der Waals surface area contributed by atoms with Crippen LogP contribution in [-0.2, 0) is 6.54 Å². The van der Waals surface area contributed by atoms with Gasteiger partial charge in [0.2, 0.25) is 0 Å². The van der Waals surface area contributed by atoms with Gasteiger partial charge in [0.15, 0.2) is 5.13 Å². The topological polar surface area (TPSA) is 54.0 Å². The van der Waals surface area contributed by atoms with E-state index < -0.39 is 0 Å².